The molecule has 0 N–H and O–H groups in total. The molecule has 0 aliphatic carbocycles. The lowest BCUT2D eigenvalue weighted by Gasteiger charge is -2.11. The molecule has 0 aliphatic heterocycles. The number of hydrogen-bond acceptors (Lipinski definition) is 6. The molecule has 8 heteroatoms. The van der Waals surface area contributed by atoms with E-state index in [2.05, 4.69) is 10.1 Å². The summed E-state index contributed by atoms with van der Waals surface area (Å²) in [5.74, 6) is -0.449. The van der Waals surface area contributed by atoms with E-state index in [9.17, 15) is 12.8 Å². The Morgan fingerprint density at radius 2 is 1.95 bits per heavy atom. The van der Waals surface area contributed by atoms with Crippen molar-refractivity contribution < 1.29 is 22.1 Å². The van der Waals surface area contributed by atoms with E-state index in [1.807, 2.05) is 13.8 Å². The van der Waals surface area contributed by atoms with Gasteiger partial charge in [-0.2, -0.15) is 4.98 Å². The number of sulfone groups is 1. The van der Waals surface area contributed by atoms with Crippen LogP contribution >= 0.6 is 0 Å². The molecule has 0 radical (unpaired) electrons. The number of nitrogens with zero attached hydrogens (tertiary/aromatic N) is 2. The van der Waals surface area contributed by atoms with Gasteiger partial charge in [0.25, 0.3) is 5.89 Å². The van der Waals surface area contributed by atoms with Crippen molar-refractivity contribution >= 4 is 9.84 Å². The minimum Gasteiger partial charge on any atom is -0.366 e. The summed E-state index contributed by atoms with van der Waals surface area (Å²) < 4.78 is 47.4. The number of aromatic nitrogens is 2. The smallest absolute Gasteiger partial charge is 0.255 e. The van der Waals surface area contributed by atoms with Gasteiger partial charge in [-0.1, -0.05) is 5.16 Å². The van der Waals surface area contributed by atoms with Crippen LogP contribution in [0.5, 0.6) is 0 Å². The number of benzene rings is 1. The molecule has 2 aromatic rings. The lowest BCUT2D eigenvalue weighted by molar-refractivity contribution is -0.0000504. The Balaban J connectivity index is 2.32. The lowest BCUT2D eigenvalue weighted by Crippen LogP contribution is -2.07. The summed E-state index contributed by atoms with van der Waals surface area (Å²) in [5.41, 5.74) is 0.0687. The molecule has 1 aromatic heterocycles. The third-order valence-electron chi connectivity index (χ3n) is 2.88. The molecule has 0 bridgehead atoms. The molecule has 120 valence electrons. The monoisotopic (exact) mass is 328 g/mol. The van der Waals surface area contributed by atoms with Crippen LogP contribution in [-0.4, -0.2) is 30.9 Å². The minimum atomic E-state index is -3.47. The highest BCUT2D eigenvalue weighted by Crippen LogP contribution is 2.25. The fourth-order valence-electron chi connectivity index (χ4n) is 1.88. The zero-order chi connectivity index (χ0) is 16.5. The number of halogens is 1. The second-order valence-corrected chi connectivity index (χ2v) is 7.21. The second-order valence-electron chi connectivity index (χ2n) is 5.20. The Kier molecular flexibility index (Phi) is 4.62. The van der Waals surface area contributed by atoms with Gasteiger partial charge in [-0.05, 0) is 39.0 Å². The highest BCUT2D eigenvalue weighted by Gasteiger charge is 2.20. The van der Waals surface area contributed by atoms with Crippen molar-refractivity contribution in [1.82, 2.24) is 10.1 Å². The zero-order valence-electron chi connectivity index (χ0n) is 12.7. The van der Waals surface area contributed by atoms with Crippen LogP contribution in [0, 0.1) is 5.82 Å². The summed E-state index contributed by atoms with van der Waals surface area (Å²) in [6.45, 7) is 5.50. The molecule has 22 heavy (non-hydrogen) atoms. The van der Waals surface area contributed by atoms with Gasteiger partial charge >= 0.3 is 0 Å². The first-order chi connectivity index (χ1) is 10.2. The van der Waals surface area contributed by atoms with Crippen molar-refractivity contribution in [2.45, 2.75) is 37.9 Å². The third kappa shape index (κ3) is 3.69. The van der Waals surface area contributed by atoms with Gasteiger partial charge in [-0.3, -0.25) is 0 Å². The topological polar surface area (TPSA) is 82.3 Å². The summed E-state index contributed by atoms with van der Waals surface area (Å²) in [5, 5.41) is 3.71. The van der Waals surface area contributed by atoms with Gasteiger partial charge in [0, 0.05) is 6.26 Å². The molecule has 0 aliphatic rings. The van der Waals surface area contributed by atoms with Crippen LogP contribution in [0.3, 0.4) is 0 Å². The quantitative estimate of drug-likeness (QED) is 0.839. The van der Waals surface area contributed by atoms with Crippen LogP contribution in [0.15, 0.2) is 27.6 Å². The van der Waals surface area contributed by atoms with E-state index in [1.165, 1.54) is 12.1 Å². The maximum atomic E-state index is 14.1. The van der Waals surface area contributed by atoms with Gasteiger partial charge in [-0.25, -0.2) is 12.8 Å². The summed E-state index contributed by atoms with van der Waals surface area (Å²) >= 11 is 0. The summed E-state index contributed by atoms with van der Waals surface area (Å²) in [4.78, 5) is 3.99. The average molecular weight is 328 g/mol. The molecular formula is C14H17FN2O4S. The Bertz CT molecular complexity index is 771. The van der Waals surface area contributed by atoms with Crippen LogP contribution in [0.25, 0.3) is 11.4 Å². The first kappa shape index (κ1) is 16.6. The highest BCUT2D eigenvalue weighted by molar-refractivity contribution is 7.90. The van der Waals surface area contributed by atoms with Gasteiger partial charge in [0.1, 0.15) is 11.9 Å². The Hall–Kier alpha value is -1.80. The van der Waals surface area contributed by atoms with Crippen LogP contribution in [0.2, 0.25) is 0 Å². The minimum absolute atomic E-state index is 0.0175. The molecule has 0 fully saturated rings. The molecule has 0 saturated heterocycles. The van der Waals surface area contributed by atoms with Crippen molar-refractivity contribution in [3.05, 3.63) is 29.9 Å². The number of hydrogen-bond donors (Lipinski definition) is 0. The van der Waals surface area contributed by atoms with Crippen molar-refractivity contribution in [2.24, 2.45) is 0 Å². The molecule has 0 spiro atoms. The van der Waals surface area contributed by atoms with Gasteiger partial charge in [0.05, 0.1) is 16.6 Å². The summed E-state index contributed by atoms with van der Waals surface area (Å²) in [7, 11) is -3.47. The number of ether oxygens (including phenoxy) is 1. The van der Waals surface area contributed by atoms with Crippen LogP contribution < -0.4 is 0 Å². The lowest BCUT2D eigenvalue weighted by atomic mass is 10.2. The summed E-state index contributed by atoms with van der Waals surface area (Å²) in [6, 6.07) is 3.56. The number of rotatable bonds is 5. The maximum Gasteiger partial charge on any atom is 0.255 e. The van der Waals surface area contributed by atoms with Crippen molar-refractivity contribution in [2.75, 3.05) is 6.26 Å². The molecule has 1 aromatic carbocycles. The van der Waals surface area contributed by atoms with Crippen molar-refractivity contribution in [1.29, 1.82) is 0 Å². The van der Waals surface area contributed by atoms with E-state index in [1.54, 1.807) is 6.92 Å². The largest absolute Gasteiger partial charge is 0.366 e. The van der Waals surface area contributed by atoms with Gasteiger partial charge < -0.3 is 9.26 Å². The predicted octanol–water partition coefficient (Wildman–Crippen LogP) is 2.77. The van der Waals surface area contributed by atoms with E-state index in [0.717, 1.165) is 12.3 Å². The first-order valence-corrected chi connectivity index (χ1v) is 8.56. The van der Waals surface area contributed by atoms with E-state index in [-0.39, 0.29) is 28.3 Å². The van der Waals surface area contributed by atoms with Crippen molar-refractivity contribution in [3.63, 3.8) is 0 Å². The first-order valence-electron chi connectivity index (χ1n) is 6.67. The molecule has 1 heterocycles. The molecule has 2 rings (SSSR count). The molecular weight excluding hydrogens is 311 g/mol. The molecule has 6 nitrogen and oxygen atoms in total. The SMILES string of the molecule is CC(C)OC(C)c1nc(-c2ccc(S(C)(=O)=O)cc2F)no1. The van der Waals surface area contributed by atoms with Gasteiger partial charge in [-0.15, -0.1) is 0 Å². The van der Waals surface area contributed by atoms with E-state index in [0.29, 0.717) is 0 Å². The van der Waals surface area contributed by atoms with Crippen LogP contribution in [0.4, 0.5) is 4.39 Å². The third-order valence-corrected chi connectivity index (χ3v) is 3.99. The Labute approximate surface area is 128 Å². The van der Waals surface area contributed by atoms with Gasteiger partial charge in [0.15, 0.2) is 9.84 Å². The standard InChI is InChI=1S/C14H17FN2O4S/c1-8(2)20-9(3)14-16-13(17-21-14)11-6-5-10(7-12(11)15)22(4,18)19/h5-9H,1-4H3. The van der Waals surface area contributed by atoms with Crippen LogP contribution in [0.1, 0.15) is 32.8 Å². The zero-order valence-corrected chi connectivity index (χ0v) is 13.5. The maximum absolute atomic E-state index is 14.1. The van der Waals surface area contributed by atoms with E-state index < -0.39 is 21.8 Å². The molecule has 1 unspecified atom stereocenters. The van der Waals surface area contributed by atoms with Crippen molar-refractivity contribution in [3.8, 4) is 11.4 Å². The Morgan fingerprint density at radius 1 is 1.27 bits per heavy atom. The summed E-state index contributed by atoms with van der Waals surface area (Å²) in [6.07, 6.45) is 0.578. The van der Waals surface area contributed by atoms with Gasteiger partial charge in [0.2, 0.25) is 5.82 Å². The average Bonchev–Trinajstić information content (AvgIpc) is 2.86. The predicted molar refractivity (Wildman–Crippen MR) is 77.4 cm³/mol. The fourth-order valence-corrected chi connectivity index (χ4v) is 2.52. The normalized spacial score (nSPS) is 13.5. The fraction of sp³-hybridized carbons (Fsp3) is 0.429. The van der Waals surface area contributed by atoms with Crippen LogP contribution in [-0.2, 0) is 14.6 Å². The van der Waals surface area contributed by atoms with E-state index >= 15 is 0 Å². The molecule has 0 saturated carbocycles. The molecule has 1 atom stereocenters. The van der Waals surface area contributed by atoms with E-state index in [4.69, 9.17) is 9.26 Å². The highest BCUT2D eigenvalue weighted by atomic mass is 32.2. The molecule has 0 amide bonds. The Morgan fingerprint density at radius 3 is 2.50 bits per heavy atom. The second kappa shape index (κ2) is 6.13.